The molecule has 1 aliphatic rings. The lowest BCUT2D eigenvalue weighted by atomic mass is 9.86. The minimum atomic E-state index is -0.386. The number of piperidine rings is 1. The second-order valence-corrected chi connectivity index (χ2v) is 6.87. The Balaban J connectivity index is 0. The molecule has 0 aromatic carbocycles. The van der Waals surface area contributed by atoms with E-state index in [0.717, 1.165) is 38.4 Å². The third-order valence-corrected chi connectivity index (χ3v) is 3.75. The van der Waals surface area contributed by atoms with Gasteiger partial charge in [-0.2, -0.15) is 0 Å². The molecule has 1 rings (SSSR count). The van der Waals surface area contributed by atoms with E-state index in [1.807, 2.05) is 25.7 Å². The molecule has 0 bridgehead atoms. The maximum atomic E-state index is 12.3. The van der Waals surface area contributed by atoms with Crippen LogP contribution in [0.15, 0.2) is 0 Å². The molecule has 0 radical (unpaired) electrons. The maximum Gasteiger partial charge on any atom is 0.240 e. The van der Waals surface area contributed by atoms with E-state index in [0.29, 0.717) is 0 Å². The molecule has 1 amide bonds. The van der Waals surface area contributed by atoms with Gasteiger partial charge in [0.2, 0.25) is 5.91 Å². The zero-order valence-electron chi connectivity index (χ0n) is 13.4. The molecule has 0 unspecified atom stereocenters. The predicted molar refractivity (Wildman–Crippen MR) is 89.8 cm³/mol. The van der Waals surface area contributed by atoms with E-state index in [-0.39, 0.29) is 42.2 Å². The molecule has 1 heterocycles. The van der Waals surface area contributed by atoms with Gasteiger partial charge in [-0.05, 0) is 38.3 Å². The van der Waals surface area contributed by atoms with Crippen molar-refractivity contribution in [3.8, 4) is 0 Å². The first-order valence-corrected chi connectivity index (χ1v) is 6.91. The first kappa shape index (κ1) is 22.3. The Morgan fingerprint density at radius 3 is 2.05 bits per heavy atom. The van der Waals surface area contributed by atoms with Crippen LogP contribution in [0, 0.1) is 11.3 Å². The number of halogens is 2. The number of nitrogens with zero attached hydrogens (tertiary/aromatic N) is 2. The van der Waals surface area contributed by atoms with Gasteiger partial charge in [0.25, 0.3) is 0 Å². The van der Waals surface area contributed by atoms with E-state index in [1.54, 1.807) is 0 Å². The number of hydrogen-bond donors (Lipinski definition) is 1. The van der Waals surface area contributed by atoms with Crippen LogP contribution in [0.5, 0.6) is 0 Å². The molecule has 1 saturated heterocycles. The molecule has 1 atom stereocenters. The number of rotatable bonds is 3. The molecule has 4 nitrogen and oxygen atoms in total. The molecule has 2 N–H and O–H groups in total. The summed E-state index contributed by atoms with van der Waals surface area (Å²) in [6, 6.07) is -0.386. The van der Waals surface area contributed by atoms with E-state index in [9.17, 15) is 4.79 Å². The summed E-state index contributed by atoms with van der Waals surface area (Å²) in [5.74, 6) is 0.834. The monoisotopic (exact) mass is 327 g/mol. The number of carbonyl (C=O) groups excluding carboxylic acids is 1. The van der Waals surface area contributed by atoms with Crippen molar-refractivity contribution in [3.63, 3.8) is 0 Å². The average molecular weight is 328 g/mol. The zero-order chi connectivity index (χ0) is 13.9. The molecule has 1 fully saturated rings. The first-order valence-electron chi connectivity index (χ1n) is 6.91. The lowest BCUT2D eigenvalue weighted by Crippen LogP contribution is -2.52. The van der Waals surface area contributed by atoms with Crippen LogP contribution in [0.4, 0.5) is 0 Å². The highest BCUT2D eigenvalue weighted by Crippen LogP contribution is 2.23. The van der Waals surface area contributed by atoms with Gasteiger partial charge in [0.1, 0.15) is 0 Å². The van der Waals surface area contributed by atoms with Gasteiger partial charge in [-0.25, -0.2) is 0 Å². The minimum Gasteiger partial charge on any atom is -0.341 e. The quantitative estimate of drug-likeness (QED) is 0.862. The topological polar surface area (TPSA) is 49.6 Å². The molecule has 20 heavy (non-hydrogen) atoms. The van der Waals surface area contributed by atoms with Crippen LogP contribution in [-0.4, -0.2) is 55.5 Å². The van der Waals surface area contributed by atoms with Crippen molar-refractivity contribution < 1.29 is 4.79 Å². The van der Waals surface area contributed by atoms with E-state index < -0.39 is 0 Å². The minimum absolute atomic E-state index is 0. The Morgan fingerprint density at radius 1 is 1.25 bits per heavy atom. The van der Waals surface area contributed by atoms with Crippen LogP contribution in [-0.2, 0) is 4.79 Å². The summed E-state index contributed by atoms with van der Waals surface area (Å²) < 4.78 is 0. The largest absolute Gasteiger partial charge is 0.341 e. The molecular weight excluding hydrogens is 297 g/mol. The number of hydrogen-bond acceptors (Lipinski definition) is 3. The number of nitrogens with two attached hydrogens (primary N) is 1. The summed E-state index contributed by atoms with van der Waals surface area (Å²) in [6.45, 7) is 8.91. The summed E-state index contributed by atoms with van der Waals surface area (Å²) >= 11 is 0. The van der Waals surface area contributed by atoms with E-state index in [1.165, 1.54) is 0 Å². The fraction of sp³-hybridized carbons (Fsp3) is 0.929. The van der Waals surface area contributed by atoms with Gasteiger partial charge in [-0.1, -0.05) is 20.8 Å². The molecule has 0 spiro atoms. The van der Waals surface area contributed by atoms with Crippen LogP contribution in [0.25, 0.3) is 0 Å². The molecule has 0 saturated carbocycles. The second kappa shape index (κ2) is 9.08. The van der Waals surface area contributed by atoms with Gasteiger partial charge in [-0.15, -0.1) is 24.8 Å². The molecule has 0 aromatic heterocycles. The van der Waals surface area contributed by atoms with E-state index in [4.69, 9.17) is 5.73 Å². The number of carbonyl (C=O) groups is 1. The number of amides is 1. The molecule has 6 heteroatoms. The Labute approximate surface area is 136 Å². The third-order valence-electron chi connectivity index (χ3n) is 3.75. The van der Waals surface area contributed by atoms with Crippen molar-refractivity contribution in [1.82, 2.24) is 9.80 Å². The van der Waals surface area contributed by atoms with E-state index >= 15 is 0 Å². The third kappa shape index (κ3) is 6.61. The summed E-state index contributed by atoms with van der Waals surface area (Å²) in [6.07, 6.45) is 2.20. The smallest absolute Gasteiger partial charge is 0.240 e. The standard InChI is InChI=1S/C14H29N3O.2ClH/c1-14(2,3)12(15)13(18)17-8-6-11(7-9-17)10-16(4)5;;/h11-12H,6-10,15H2,1-5H3;2*1H/t12-;;/m1../s1. The van der Waals surface area contributed by atoms with Crippen LogP contribution in [0.1, 0.15) is 33.6 Å². The molecular formula is C14H31Cl2N3O. The normalized spacial score (nSPS) is 18.2. The van der Waals surface area contributed by atoms with E-state index in [2.05, 4.69) is 19.0 Å². The van der Waals surface area contributed by atoms with Crippen molar-refractivity contribution >= 4 is 30.7 Å². The zero-order valence-corrected chi connectivity index (χ0v) is 15.0. The van der Waals surface area contributed by atoms with Crippen molar-refractivity contribution in [2.24, 2.45) is 17.1 Å². The van der Waals surface area contributed by atoms with Gasteiger partial charge in [0.05, 0.1) is 6.04 Å². The van der Waals surface area contributed by atoms with Gasteiger partial charge >= 0.3 is 0 Å². The summed E-state index contributed by atoms with van der Waals surface area (Å²) in [5.41, 5.74) is 5.89. The van der Waals surface area contributed by atoms with Gasteiger partial charge in [0.15, 0.2) is 0 Å². The van der Waals surface area contributed by atoms with Crippen LogP contribution in [0.2, 0.25) is 0 Å². The Hall–Kier alpha value is -0.0300. The van der Waals surface area contributed by atoms with Gasteiger partial charge in [0, 0.05) is 19.6 Å². The fourth-order valence-corrected chi connectivity index (χ4v) is 2.42. The van der Waals surface area contributed by atoms with Gasteiger partial charge < -0.3 is 15.5 Å². The van der Waals surface area contributed by atoms with Crippen molar-refractivity contribution in [3.05, 3.63) is 0 Å². The highest BCUT2D eigenvalue weighted by atomic mass is 35.5. The first-order chi connectivity index (χ1) is 8.21. The average Bonchev–Trinajstić information content (AvgIpc) is 2.26. The van der Waals surface area contributed by atoms with Crippen LogP contribution >= 0.6 is 24.8 Å². The Kier molecular flexibility index (Phi) is 10.1. The molecule has 0 aliphatic carbocycles. The lowest BCUT2D eigenvalue weighted by Gasteiger charge is -2.37. The molecule has 0 aromatic rings. The highest BCUT2D eigenvalue weighted by molar-refractivity contribution is 5.85. The van der Waals surface area contributed by atoms with Crippen LogP contribution in [0.3, 0.4) is 0 Å². The van der Waals surface area contributed by atoms with Crippen molar-refractivity contribution in [2.75, 3.05) is 33.7 Å². The lowest BCUT2D eigenvalue weighted by molar-refractivity contribution is -0.136. The summed E-state index contributed by atoms with van der Waals surface area (Å²) in [4.78, 5) is 16.4. The predicted octanol–water partition coefficient (Wildman–Crippen LogP) is 2.00. The molecule has 122 valence electrons. The SMILES string of the molecule is CN(C)CC1CCN(C(=O)[C@@H](N)C(C)(C)C)CC1.Cl.Cl. The van der Waals surface area contributed by atoms with Crippen LogP contribution < -0.4 is 5.73 Å². The van der Waals surface area contributed by atoms with Crippen molar-refractivity contribution in [2.45, 2.75) is 39.7 Å². The fourth-order valence-electron chi connectivity index (χ4n) is 2.42. The Morgan fingerprint density at radius 2 is 1.70 bits per heavy atom. The maximum absolute atomic E-state index is 12.3. The summed E-state index contributed by atoms with van der Waals surface area (Å²) in [5, 5.41) is 0. The second-order valence-electron chi connectivity index (χ2n) is 6.87. The van der Waals surface area contributed by atoms with Crippen molar-refractivity contribution in [1.29, 1.82) is 0 Å². The Bertz CT molecular complexity index is 285. The highest BCUT2D eigenvalue weighted by Gasteiger charge is 2.32. The molecule has 1 aliphatic heterocycles. The van der Waals surface area contributed by atoms with Gasteiger partial charge in [-0.3, -0.25) is 4.79 Å². The number of likely N-dealkylation sites (tertiary alicyclic amines) is 1. The summed E-state index contributed by atoms with van der Waals surface area (Å²) in [7, 11) is 4.21.